The number of nitrogens with zero attached hydrogens (tertiary/aromatic N) is 2. The van der Waals surface area contributed by atoms with E-state index < -0.39 is 0 Å². The summed E-state index contributed by atoms with van der Waals surface area (Å²) in [6.07, 6.45) is 4.38. The number of rotatable bonds is 1. The summed E-state index contributed by atoms with van der Waals surface area (Å²) in [6, 6.07) is 10.1. The molecule has 2 heterocycles. The van der Waals surface area contributed by atoms with Gasteiger partial charge in [-0.25, -0.2) is 9.97 Å². The van der Waals surface area contributed by atoms with Crippen molar-refractivity contribution in [3.8, 4) is 11.3 Å². The van der Waals surface area contributed by atoms with Gasteiger partial charge in [-0.15, -0.1) is 0 Å². The maximum atomic E-state index is 6.32. The highest BCUT2D eigenvalue weighted by Gasteiger charge is 2.21. The van der Waals surface area contributed by atoms with Gasteiger partial charge in [-0.05, 0) is 61.1 Å². The fourth-order valence-electron chi connectivity index (χ4n) is 3.99. The zero-order chi connectivity index (χ0) is 17.8. The van der Waals surface area contributed by atoms with E-state index in [9.17, 15) is 0 Å². The van der Waals surface area contributed by atoms with Crippen LogP contribution in [-0.2, 0) is 12.8 Å². The summed E-state index contributed by atoms with van der Waals surface area (Å²) in [6.45, 7) is 0. The zero-order valence-electron chi connectivity index (χ0n) is 14.2. The lowest BCUT2D eigenvalue weighted by Gasteiger charge is -2.22. The van der Waals surface area contributed by atoms with E-state index in [1.165, 1.54) is 35.3 Å². The van der Waals surface area contributed by atoms with E-state index >= 15 is 0 Å². The van der Waals surface area contributed by atoms with Crippen LogP contribution in [0.3, 0.4) is 0 Å². The number of nitrogen functional groups attached to an aromatic ring is 3. The molecule has 130 valence electrons. The number of pyridine rings is 1. The van der Waals surface area contributed by atoms with Gasteiger partial charge in [-0.1, -0.05) is 17.4 Å². The summed E-state index contributed by atoms with van der Waals surface area (Å²) >= 11 is 1.51. The van der Waals surface area contributed by atoms with Crippen molar-refractivity contribution < 1.29 is 0 Å². The number of hydrogen-bond donors (Lipinski definition) is 3. The molecule has 0 aliphatic heterocycles. The minimum atomic E-state index is 0.592. The molecule has 2 aromatic heterocycles. The highest BCUT2D eigenvalue weighted by atomic mass is 32.1. The Labute approximate surface area is 154 Å². The van der Waals surface area contributed by atoms with Crippen LogP contribution in [-0.4, -0.2) is 9.97 Å². The Balaban J connectivity index is 1.83. The van der Waals surface area contributed by atoms with E-state index in [1.54, 1.807) is 0 Å². The first-order valence-corrected chi connectivity index (χ1v) is 9.59. The second kappa shape index (κ2) is 5.57. The molecule has 6 heteroatoms. The summed E-state index contributed by atoms with van der Waals surface area (Å²) in [4.78, 5) is 9.34. The standard InChI is InChI=1S/C20H19N5S/c21-13-6-8-15-17(18(13)22)11-3-1-2-4-12(11)19(24-15)10-5-7-14-16(9-10)26-20(23)25-14/h5-9H,1-4,21-22H2,(H2,23,25). The van der Waals surface area contributed by atoms with Crippen molar-refractivity contribution in [3.05, 3.63) is 41.5 Å². The van der Waals surface area contributed by atoms with E-state index in [4.69, 9.17) is 22.2 Å². The van der Waals surface area contributed by atoms with Gasteiger partial charge in [0.1, 0.15) is 0 Å². The van der Waals surface area contributed by atoms with Gasteiger partial charge < -0.3 is 17.2 Å². The predicted molar refractivity (Wildman–Crippen MR) is 110 cm³/mol. The van der Waals surface area contributed by atoms with E-state index in [1.807, 2.05) is 18.2 Å². The maximum Gasteiger partial charge on any atom is 0.181 e. The minimum Gasteiger partial charge on any atom is -0.397 e. The predicted octanol–water partition coefficient (Wildman–Crippen LogP) is 4.14. The summed E-state index contributed by atoms with van der Waals surface area (Å²) in [7, 11) is 0. The van der Waals surface area contributed by atoms with E-state index in [-0.39, 0.29) is 0 Å². The van der Waals surface area contributed by atoms with Crippen LogP contribution >= 0.6 is 11.3 Å². The van der Waals surface area contributed by atoms with E-state index in [0.717, 1.165) is 45.2 Å². The SMILES string of the molecule is Nc1nc2ccc(-c3nc4ccc(N)c(N)c4c4c3CCCC4)cc2s1. The Morgan fingerprint density at radius 1 is 0.846 bits per heavy atom. The van der Waals surface area contributed by atoms with Crippen LogP contribution in [0, 0.1) is 0 Å². The molecule has 5 nitrogen and oxygen atoms in total. The van der Waals surface area contributed by atoms with Crippen molar-refractivity contribution in [1.29, 1.82) is 0 Å². The van der Waals surface area contributed by atoms with Crippen LogP contribution in [0.5, 0.6) is 0 Å². The fourth-order valence-corrected chi connectivity index (χ4v) is 4.77. The molecule has 0 amide bonds. The van der Waals surface area contributed by atoms with Gasteiger partial charge in [0.25, 0.3) is 0 Å². The number of benzene rings is 2. The molecule has 0 radical (unpaired) electrons. The third-order valence-corrected chi connectivity index (χ3v) is 6.07. The van der Waals surface area contributed by atoms with Crippen molar-refractivity contribution in [2.24, 2.45) is 0 Å². The first kappa shape index (κ1) is 15.4. The third kappa shape index (κ3) is 2.22. The average molecular weight is 361 g/mol. The van der Waals surface area contributed by atoms with Crippen molar-refractivity contribution >= 4 is 49.0 Å². The van der Waals surface area contributed by atoms with Gasteiger partial charge in [-0.2, -0.15) is 0 Å². The summed E-state index contributed by atoms with van der Waals surface area (Å²) < 4.78 is 1.09. The molecule has 4 aromatic rings. The van der Waals surface area contributed by atoms with Gasteiger partial charge in [0, 0.05) is 10.9 Å². The van der Waals surface area contributed by atoms with E-state index in [2.05, 4.69) is 17.1 Å². The van der Waals surface area contributed by atoms with Gasteiger partial charge >= 0.3 is 0 Å². The van der Waals surface area contributed by atoms with Crippen LogP contribution in [0.1, 0.15) is 24.0 Å². The lowest BCUT2D eigenvalue weighted by Crippen LogP contribution is -2.09. The van der Waals surface area contributed by atoms with Crippen molar-refractivity contribution in [2.75, 3.05) is 17.2 Å². The number of aryl methyl sites for hydroxylation is 1. The first-order chi connectivity index (χ1) is 12.6. The molecule has 1 aliphatic carbocycles. The van der Waals surface area contributed by atoms with Gasteiger partial charge in [0.2, 0.25) is 0 Å². The number of aromatic nitrogens is 2. The Bertz CT molecular complexity index is 1180. The fraction of sp³-hybridized carbons (Fsp3) is 0.200. The molecule has 26 heavy (non-hydrogen) atoms. The quantitative estimate of drug-likeness (QED) is 0.442. The maximum absolute atomic E-state index is 6.32. The Morgan fingerprint density at radius 3 is 2.46 bits per heavy atom. The lowest BCUT2D eigenvalue weighted by molar-refractivity contribution is 0.689. The van der Waals surface area contributed by atoms with Gasteiger partial charge in [-0.3, -0.25) is 0 Å². The zero-order valence-corrected chi connectivity index (χ0v) is 15.1. The topological polar surface area (TPSA) is 104 Å². The second-order valence-corrected chi connectivity index (χ2v) is 7.88. The summed E-state index contributed by atoms with van der Waals surface area (Å²) in [5.74, 6) is 0. The average Bonchev–Trinajstić information content (AvgIpc) is 3.03. The molecule has 6 N–H and O–H groups in total. The Kier molecular flexibility index (Phi) is 3.30. The summed E-state index contributed by atoms with van der Waals surface area (Å²) in [5.41, 5.74) is 26.1. The Morgan fingerprint density at radius 2 is 1.62 bits per heavy atom. The van der Waals surface area contributed by atoms with Crippen LogP contribution in [0.15, 0.2) is 30.3 Å². The number of nitrogens with two attached hydrogens (primary N) is 3. The second-order valence-electron chi connectivity index (χ2n) is 6.82. The van der Waals surface area contributed by atoms with Crippen LogP contribution in [0.4, 0.5) is 16.5 Å². The molecular formula is C20H19N5S. The number of fused-ring (bicyclic) bond motifs is 4. The molecule has 0 atom stereocenters. The molecule has 0 fully saturated rings. The minimum absolute atomic E-state index is 0.592. The van der Waals surface area contributed by atoms with Crippen molar-refractivity contribution in [2.45, 2.75) is 25.7 Å². The molecule has 0 saturated heterocycles. The third-order valence-electron chi connectivity index (χ3n) is 5.22. The molecule has 0 spiro atoms. The molecule has 5 rings (SSSR count). The highest BCUT2D eigenvalue weighted by Crippen LogP contribution is 2.39. The Hall–Kier alpha value is -2.86. The van der Waals surface area contributed by atoms with Gasteiger partial charge in [0.05, 0.1) is 32.8 Å². The van der Waals surface area contributed by atoms with Crippen LogP contribution in [0.25, 0.3) is 32.4 Å². The molecule has 0 unspecified atom stereocenters. The van der Waals surface area contributed by atoms with Crippen molar-refractivity contribution in [1.82, 2.24) is 9.97 Å². The highest BCUT2D eigenvalue weighted by molar-refractivity contribution is 7.22. The molecule has 0 bridgehead atoms. The van der Waals surface area contributed by atoms with Crippen molar-refractivity contribution in [3.63, 3.8) is 0 Å². The lowest BCUT2D eigenvalue weighted by atomic mass is 9.85. The largest absolute Gasteiger partial charge is 0.397 e. The monoisotopic (exact) mass is 361 g/mol. The van der Waals surface area contributed by atoms with Crippen LogP contribution < -0.4 is 17.2 Å². The molecular weight excluding hydrogens is 342 g/mol. The number of thiazole rings is 1. The first-order valence-electron chi connectivity index (χ1n) is 8.77. The van der Waals surface area contributed by atoms with Gasteiger partial charge in [0.15, 0.2) is 5.13 Å². The smallest absolute Gasteiger partial charge is 0.181 e. The normalized spacial score (nSPS) is 14.0. The molecule has 1 aliphatic rings. The number of hydrogen-bond acceptors (Lipinski definition) is 6. The molecule has 2 aromatic carbocycles. The van der Waals surface area contributed by atoms with E-state index in [0.29, 0.717) is 16.5 Å². The van der Waals surface area contributed by atoms with Crippen LogP contribution in [0.2, 0.25) is 0 Å². The number of anilines is 3. The molecule has 0 saturated carbocycles. The summed E-state index contributed by atoms with van der Waals surface area (Å²) in [5, 5.41) is 1.63.